The molecule has 1 aliphatic rings. The predicted octanol–water partition coefficient (Wildman–Crippen LogP) is 5.22. The smallest absolute Gasteiger partial charge is 0.296 e. The molecule has 2 aromatic carbocycles. The molecule has 2 aromatic heterocycles. The van der Waals surface area contributed by atoms with E-state index in [1.807, 2.05) is 32.0 Å². The van der Waals surface area contributed by atoms with Crippen molar-refractivity contribution in [1.82, 2.24) is 4.98 Å². The molecule has 0 spiro atoms. The Morgan fingerprint density at radius 2 is 1.75 bits per heavy atom. The zero-order chi connectivity index (χ0) is 22.6. The number of fused-ring (bicyclic) bond motifs is 2. The number of hydrogen-bond donors (Lipinski definition) is 0. The van der Waals surface area contributed by atoms with Gasteiger partial charge in [-0.1, -0.05) is 23.7 Å². The standard InChI is InChI=1S/C25H19ClN2O4/c1-13-10-18-19(11-14(13)2)32-24-21(23(18)29)22(15-4-7-17(31-3)8-5-15)28(25(24)30)20-9-6-16(26)12-27-20/h4-12,22H,1-3H3. The Bertz CT molecular complexity index is 1430. The second-order valence-corrected chi connectivity index (χ2v) is 8.23. The molecule has 3 heterocycles. The summed E-state index contributed by atoms with van der Waals surface area (Å²) in [7, 11) is 1.58. The van der Waals surface area contributed by atoms with E-state index < -0.39 is 11.9 Å². The van der Waals surface area contributed by atoms with Crippen molar-refractivity contribution < 1.29 is 13.9 Å². The maximum absolute atomic E-state index is 13.7. The van der Waals surface area contributed by atoms with Crippen LogP contribution in [0.3, 0.4) is 0 Å². The van der Waals surface area contributed by atoms with Crippen molar-refractivity contribution in [2.45, 2.75) is 19.9 Å². The van der Waals surface area contributed by atoms with Crippen molar-refractivity contribution in [3.8, 4) is 5.75 Å². The van der Waals surface area contributed by atoms with E-state index in [1.54, 1.807) is 37.4 Å². The molecule has 0 saturated heterocycles. The van der Waals surface area contributed by atoms with Crippen LogP contribution in [-0.4, -0.2) is 18.0 Å². The Morgan fingerprint density at radius 3 is 2.41 bits per heavy atom. The van der Waals surface area contributed by atoms with E-state index in [-0.39, 0.29) is 11.2 Å². The number of carbonyl (C=O) groups excluding carboxylic acids is 1. The number of benzene rings is 2. The zero-order valence-electron chi connectivity index (χ0n) is 17.7. The van der Waals surface area contributed by atoms with Crippen molar-refractivity contribution in [2.24, 2.45) is 0 Å². The number of amides is 1. The van der Waals surface area contributed by atoms with Gasteiger partial charge in [-0.3, -0.25) is 14.5 Å². The third-order valence-electron chi connectivity index (χ3n) is 5.88. The second-order valence-electron chi connectivity index (χ2n) is 7.79. The highest BCUT2D eigenvalue weighted by atomic mass is 35.5. The molecular weight excluding hydrogens is 428 g/mol. The van der Waals surface area contributed by atoms with Gasteiger partial charge < -0.3 is 9.15 Å². The van der Waals surface area contributed by atoms with Gasteiger partial charge in [0, 0.05) is 6.20 Å². The first-order valence-electron chi connectivity index (χ1n) is 10.1. The first-order valence-corrected chi connectivity index (χ1v) is 10.4. The molecule has 160 valence electrons. The summed E-state index contributed by atoms with van der Waals surface area (Å²) in [6.07, 6.45) is 1.47. The lowest BCUT2D eigenvalue weighted by molar-refractivity contribution is 0.0970. The summed E-state index contributed by atoms with van der Waals surface area (Å²) in [5, 5.41) is 0.897. The number of pyridine rings is 1. The van der Waals surface area contributed by atoms with Crippen molar-refractivity contribution >= 4 is 34.3 Å². The fourth-order valence-electron chi connectivity index (χ4n) is 4.08. The molecule has 0 bridgehead atoms. The summed E-state index contributed by atoms with van der Waals surface area (Å²) in [6, 6.07) is 13.5. The lowest BCUT2D eigenvalue weighted by Gasteiger charge is -2.24. The van der Waals surface area contributed by atoms with E-state index in [1.165, 1.54) is 11.1 Å². The van der Waals surface area contributed by atoms with Gasteiger partial charge in [0.05, 0.1) is 29.1 Å². The number of halogens is 1. The van der Waals surface area contributed by atoms with Crippen LogP contribution in [-0.2, 0) is 0 Å². The van der Waals surface area contributed by atoms with Gasteiger partial charge in [0.15, 0.2) is 5.43 Å². The van der Waals surface area contributed by atoms with Crippen LogP contribution in [0.1, 0.15) is 38.9 Å². The van der Waals surface area contributed by atoms with Gasteiger partial charge in [-0.05, 0) is 66.9 Å². The molecule has 0 fully saturated rings. The summed E-state index contributed by atoms with van der Waals surface area (Å²) in [6.45, 7) is 3.88. The summed E-state index contributed by atoms with van der Waals surface area (Å²) >= 11 is 6.01. The minimum Gasteiger partial charge on any atom is -0.497 e. The largest absolute Gasteiger partial charge is 0.497 e. The van der Waals surface area contributed by atoms with Gasteiger partial charge in [-0.15, -0.1) is 0 Å². The maximum atomic E-state index is 13.7. The van der Waals surface area contributed by atoms with E-state index in [9.17, 15) is 9.59 Å². The third kappa shape index (κ3) is 3.07. The lowest BCUT2D eigenvalue weighted by atomic mass is 9.97. The van der Waals surface area contributed by atoms with Crippen LogP contribution in [0, 0.1) is 13.8 Å². The van der Waals surface area contributed by atoms with Gasteiger partial charge in [-0.25, -0.2) is 4.98 Å². The zero-order valence-corrected chi connectivity index (χ0v) is 18.4. The highest BCUT2D eigenvalue weighted by Crippen LogP contribution is 2.41. The number of aryl methyl sites for hydroxylation is 2. The van der Waals surface area contributed by atoms with Gasteiger partial charge in [0.2, 0.25) is 5.76 Å². The highest BCUT2D eigenvalue weighted by Gasteiger charge is 2.44. The highest BCUT2D eigenvalue weighted by molar-refractivity contribution is 6.30. The molecule has 0 N–H and O–H groups in total. The van der Waals surface area contributed by atoms with Crippen molar-refractivity contribution in [2.75, 3.05) is 12.0 Å². The fraction of sp³-hybridized carbons (Fsp3) is 0.160. The molecule has 0 aliphatic carbocycles. The average molecular weight is 447 g/mol. The Kier molecular flexibility index (Phi) is 4.75. The number of aromatic nitrogens is 1. The molecule has 32 heavy (non-hydrogen) atoms. The molecular formula is C25H19ClN2O4. The summed E-state index contributed by atoms with van der Waals surface area (Å²) in [5.41, 5.74) is 3.16. The lowest BCUT2D eigenvalue weighted by Crippen LogP contribution is -2.30. The van der Waals surface area contributed by atoms with Gasteiger partial charge >= 0.3 is 0 Å². The number of hydrogen-bond acceptors (Lipinski definition) is 5. The summed E-state index contributed by atoms with van der Waals surface area (Å²) in [5.74, 6) is 0.657. The number of rotatable bonds is 3. The van der Waals surface area contributed by atoms with E-state index >= 15 is 0 Å². The normalized spacial score (nSPS) is 15.3. The molecule has 1 aliphatic heterocycles. The number of anilines is 1. The first-order chi connectivity index (χ1) is 15.4. The fourth-order valence-corrected chi connectivity index (χ4v) is 4.19. The number of nitrogens with zero attached hydrogens (tertiary/aromatic N) is 2. The maximum Gasteiger partial charge on any atom is 0.296 e. The van der Waals surface area contributed by atoms with Crippen LogP contribution in [0.5, 0.6) is 5.75 Å². The van der Waals surface area contributed by atoms with Gasteiger partial charge in [-0.2, -0.15) is 0 Å². The summed E-state index contributed by atoms with van der Waals surface area (Å²) < 4.78 is 11.3. The second kappa shape index (κ2) is 7.50. The molecule has 1 unspecified atom stereocenters. The van der Waals surface area contributed by atoms with Gasteiger partial charge in [0.25, 0.3) is 5.91 Å². The number of methoxy groups -OCH3 is 1. The molecule has 5 rings (SSSR count). The van der Waals surface area contributed by atoms with Crippen LogP contribution in [0.2, 0.25) is 5.02 Å². The molecule has 0 saturated carbocycles. The molecule has 1 atom stereocenters. The summed E-state index contributed by atoms with van der Waals surface area (Å²) in [4.78, 5) is 33.0. The van der Waals surface area contributed by atoms with Crippen LogP contribution >= 0.6 is 11.6 Å². The SMILES string of the molecule is COc1ccc(C2c3c(oc4cc(C)c(C)cc4c3=O)C(=O)N2c2ccc(Cl)cn2)cc1. The van der Waals surface area contributed by atoms with E-state index in [4.69, 9.17) is 20.8 Å². The molecule has 1 amide bonds. The monoisotopic (exact) mass is 446 g/mol. The Hall–Kier alpha value is -3.64. The van der Waals surface area contributed by atoms with Crippen molar-refractivity contribution in [3.63, 3.8) is 0 Å². The Morgan fingerprint density at radius 1 is 1.03 bits per heavy atom. The molecule has 7 heteroatoms. The molecule has 6 nitrogen and oxygen atoms in total. The average Bonchev–Trinajstić information content (AvgIpc) is 3.08. The van der Waals surface area contributed by atoms with Crippen molar-refractivity contribution in [1.29, 1.82) is 0 Å². The quantitative estimate of drug-likeness (QED) is 0.431. The molecule has 4 aromatic rings. The minimum absolute atomic E-state index is 0.0309. The van der Waals surface area contributed by atoms with Crippen LogP contribution < -0.4 is 15.1 Å². The van der Waals surface area contributed by atoms with Crippen LogP contribution in [0.25, 0.3) is 11.0 Å². The third-order valence-corrected chi connectivity index (χ3v) is 6.10. The van der Waals surface area contributed by atoms with E-state index in [0.29, 0.717) is 33.1 Å². The minimum atomic E-state index is -0.695. The molecule has 0 radical (unpaired) electrons. The number of ether oxygens (including phenoxy) is 1. The topological polar surface area (TPSA) is 72.6 Å². The van der Waals surface area contributed by atoms with E-state index in [2.05, 4.69) is 4.98 Å². The van der Waals surface area contributed by atoms with E-state index in [0.717, 1.165) is 16.7 Å². The van der Waals surface area contributed by atoms with Crippen LogP contribution in [0.4, 0.5) is 5.82 Å². The Labute approximate surface area is 189 Å². The first kappa shape index (κ1) is 20.3. The Balaban J connectivity index is 1.80. The predicted molar refractivity (Wildman–Crippen MR) is 123 cm³/mol. The van der Waals surface area contributed by atoms with Crippen LogP contribution in [0.15, 0.2) is 63.9 Å². The van der Waals surface area contributed by atoms with Crippen molar-refractivity contribution in [3.05, 3.63) is 98.0 Å². The van der Waals surface area contributed by atoms with Gasteiger partial charge in [0.1, 0.15) is 17.2 Å². The number of carbonyl (C=O) groups is 1.